The maximum Gasteiger partial charge on any atom is 0.339 e. The number of aromatic nitrogens is 2. The Bertz CT molecular complexity index is 639. The summed E-state index contributed by atoms with van der Waals surface area (Å²) in [5.74, 6) is -1.01. The first-order chi connectivity index (χ1) is 8.97. The Morgan fingerprint density at radius 2 is 1.89 bits per heavy atom. The number of nitrogens with zero attached hydrogens (tertiary/aromatic N) is 2. The summed E-state index contributed by atoms with van der Waals surface area (Å²) in [6.07, 6.45) is 1.36. The zero-order valence-corrected chi connectivity index (χ0v) is 11.1. The Labute approximate surface area is 111 Å². The van der Waals surface area contributed by atoms with Crippen LogP contribution in [0.5, 0.6) is 0 Å². The SMILES string of the molecule is Cc1cc(Nc2ccc(C)nc2C)c(C(=O)O)cn1. The van der Waals surface area contributed by atoms with Crippen LogP contribution in [0.15, 0.2) is 24.4 Å². The van der Waals surface area contributed by atoms with Crippen molar-refractivity contribution in [3.05, 3.63) is 47.0 Å². The quantitative estimate of drug-likeness (QED) is 0.884. The van der Waals surface area contributed by atoms with Crippen LogP contribution in [0.25, 0.3) is 0 Å². The molecule has 5 nitrogen and oxygen atoms in total. The van der Waals surface area contributed by atoms with E-state index in [1.54, 1.807) is 6.07 Å². The fourth-order valence-corrected chi connectivity index (χ4v) is 1.80. The second-order valence-corrected chi connectivity index (χ2v) is 4.39. The fraction of sp³-hybridized carbons (Fsp3) is 0.214. The number of hydrogen-bond donors (Lipinski definition) is 2. The first-order valence-corrected chi connectivity index (χ1v) is 5.88. The molecule has 0 aromatic carbocycles. The van der Waals surface area contributed by atoms with E-state index in [2.05, 4.69) is 15.3 Å². The first kappa shape index (κ1) is 13.0. The minimum absolute atomic E-state index is 0.144. The average Bonchev–Trinajstić information content (AvgIpc) is 2.32. The number of pyridine rings is 2. The van der Waals surface area contributed by atoms with Crippen molar-refractivity contribution >= 4 is 17.3 Å². The lowest BCUT2D eigenvalue weighted by molar-refractivity contribution is 0.0697. The molecule has 2 rings (SSSR count). The van der Waals surface area contributed by atoms with Crippen LogP contribution in [-0.4, -0.2) is 21.0 Å². The van der Waals surface area contributed by atoms with Gasteiger partial charge in [0.2, 0.25) is 0 Å². The van der Waals surface area contributed by atoms with Crippen molar-refractivity contribution in [3.63, 3.8) is 0 Å². The Morgan fingerprint density at radius 1 is 1.16 bits per heavy atom. The fourth-order valence-electron chi connectivity index (χ4n) is 1.80. The zero-order chi connectivity index (χ0) is 14.0. The molecule has 0 fully saturated rings. The maximum atomic E-state index is 11.2. The third-order valence-corrected chi connectivity index (χ3v) is 2.77. The number of hydrogen-bond acceptors (Lipinski definition) is 4. The van der Waals surface area contributed by atoms with Crippen LogP contribution in [0.1, 0.15) is 27.4 Å². The molecule has 0 radical (unpaired) electrons. The second kappa shape index (κ2) is 5.06. The van der Waals surface area contributed by atoms with E-state index < -0.39 is 5.97 Å². The monoisotopic (exact) mass is 257 g/mol. The van der Waals surface area contributed by atoms with Crippen LogP contribution in [0.3, 0.4) is 0 Å². The number of carbonyl (C=O) groups is 1. The second-order valence-electron chi connectivity index (χ2n) is 4.39. The molecule has 0 aliphatic carbocycles. The molecule has 0 aliphatic rings. The average molecular weight is 257 g/mol. The van der Waals surface area contributed by atoms with E-state index in [0.29, 0.717) is 5.69 Å². The molecule has 2 N–H and O–H groups in total. The largest absolute Gasteiger partial charge is 0.478 e. The van der Waals surface area contributed by atoms with E-state index in [1.807, 2.05) is 32.9 Å². The van der Waals surface area contributed by atoms with Crippen molar-refractivity contribution in [2.75, 3.05) is 5.32 Å². The van der Waals surface area contributed by atoms with E-state index in [4.69, 9.17) is 5.11 Å². The lowest BCUT2D eigenvalue weighted by Gasteiger charge is -2.12. The highest BCUT2D eigenvalue weighted by Gasteiger charge is 2.12. The molecule has 2 aromatic rings. The zero-order valence-electron chi connectivity index (χ0n) is 11.1. The molecule has 0 saturated carbocycles. The Hall–Kier alpha value is -2.43. The van der Waals surface area contributed by atoms with E-state index >= 15 is 0 Å². The van der Waals surface area contributed by atoms with Gasteiger partial charge in [-0.05, 0) is 39.0 Å². The van der Waals surface area contributed by atoms with Crippen LogP contribution >= 0.6 is 0 Å². The van der Waals surface area contributed by atoms with Gasteiger partial charge in [-0.2, -0.15) is 0 Å². The normalized spacial score (nSPS) is 10.3. The third-order valence-electron chi connectivity index (χ3n) is 2.77. The number of aromatic carboxylic acids is 1. The van der Waals surface area contributed by atoms with Gasteiger partial charge in [0, 0.05) is 17.6 Å². The van der Waals surface area contributed by atoms with Crippen molar-refractivity contribution in [3.8, 4) is 0 Å². The van der Waals surface area contributed by atoms with Gasteiger partial charge in [0.25, 0.3) is 0 Å². The summed E-state index contributed by atoms with van der Waals surface area (Å²) < 4.78 is 0. The predicted molar refractivity (Wildman–Crippen MR) is 72.9 cm³/mol. The molecular formula is C14H15N3O2. The molecule has 0 atom stereocenters. The molecule has 5 heteroatoms. The van der Waals surface area contributed by atoms with Gasteiger partial charge in [0.15, 0.2) is 0 Å². The molecule has 19 heavy (non-hydrogen) atoms. The Kier molecular flexibility index (Phi) is 3.46. The van der Waals surface area contributed by atoms with Crippen molar-refractivity contribution in [2.24, 2.45) is 0 Å². The van der Waals surface area contributed by atoms with Crippen LogP contribution in [0, 0.1) is 20.8 Å². The van der Waals surface area contributed by atoms with Gasteiger partial charge in [0.1, 0.15) is 5.56 Å². The van der Waals surface area contributed by atoms with Crippen molar-refractivity contribution in [2.45, 2.75) is 20.8 Å². The van der Waals surface area contributed by atoms with Crippen molar-refractivity contribution in [1.82, 2.24) is 9.97 Å². The molecule has 0 saturated heterocycles. The van der Waals surface area contributed by atoms with Crippen LogP contribution < -0.4 is 5.32 Å². The molecule has 0 aliphatic heterocycles. The summed E-state index contributed by atoms with van der Waals surface area (Å²) in [6.45, 7) is 5.61. The third kappa shape index (κ3) is 2.88. The molecule has 0 amide bonds. The summed E-state index contributed by atoms with van der Waals surface area (Å²) in [4.78, 5) is 19.5. The molecule has 0 bridgehead atoms. The summed E-state index contributed by atoms with van der Waals surface area (Å²) in [5.41, 5.74) is 3.96. The number of nitrogens with one attached hydrogen (secondary N) is 1. The van der Waals surface area contributed by atoms with Gasteiger partial charge in [-0.15, -0.1) is 0 Å². The van der Waals surface area contributed by atoms with Crippen molar-refractivity contribution < 1.29 is 9.90 Å². The standard InChI is InChI=1S/C14H15N3O2/c1-8-4-5-12(10(3)16-8)17-13-6-9(2)15-7-11(13)14(18)19/h4-7H,1-3H3,(H,15,17)(H,18,19). The Balaban J connectivity index is 2.42. The van der Waals surface area contributed by atoms with Crippen molar-refractivity contribution in [1.29, 1.82) is 0 Å². The minimum atomic E-state index is -1.01. The number of aryl methyl sites for hydroxylation is 3. The highest BCUT2D eigenvalue weighted by Crippen LogP contribution is 2.23. The van der Waals surface area contributed by atoms with Gasteiger partial charge in [0.05, 0.1) is 17.1 Å². The maximum absolute atomic E-state index is 11.2. The number of carboxylic acid groups (broad SMARTS) is 1. The molecule has 2 aromatic heterocycles. The van der Waals surface area contributed by atoms with E-state index in [9.17, 15) is 4.79 Å². The predicted octanol–water partition coefficient (Wildman–Crippen LogP) is 2.84. The summed E-state index contributed by atoms with van der Waals surface area (Å²) in [7, 11) is 0. The Morgan fingerprint density at radius 3 is 2.53 bits per heavy atom. The number of rotatable bonds is 3. The summed E-state index contributed by atoms with van der Waals surface area (Å²) in [6, 6.07) is 5.48. The summed E-state index contributed by atoms with van der Waals surface area (Å²) in [5, 5.41) is 12.3. The first-order valence-electron chi connectivity index (χ1n) is 5.88. The lowest BCUT2D eigenvalue weighted by atomic mass is 10.2. The van der Waals surface area contributed by atoms with E-state index in [1.165, 1.54) is 6.20 Å². The molecule has 2 heterocycles. The minimum Gasteiger partial charge on any atom is -0.478 e. The van der Waals surface area contributed by atoms with E-state index in [-0.39, 0.29) is 5.56 Å². The van der Waals surface area contributed by atoms with Gasteiger partial charge >= 0.3 is 5.97 Å². The van der Waals surface area contributed by atoms with E-state index in [0.717, 1.165) is 22.8 Å². The molecule has 0 spiro atoms. The highest BCUT2D eigenvalue weighted by atomic mass is 16.4. The topological polar surface area (TPSA) is 75.1 Å². The molecular weight excluding hydrogens is 242 g/mol. The summed E-state index contributed by atoms with van der Waals surface area (Å²) >= 11 is 0. The smallest absolute Gasteiger partial charge is 0.339 e. The van der Waals surface area contributed by atoms with Crippen LogP contribution in [0.2, 0.25) is 0 Å². The van der Waals surface area contributed by atoms with Gasteiger partial charge in [-0.3, -0.25) is 9.97 Å². The molecule has 98 valence electrons. The highest BCUT2D eigenvalue weighted by molar-refractivity contribution is 5.94. The number of carboxylic acids is 1. The lowest BCUT2D eigenvalue weighted by Crippen LogP contribution is -2.05. The van der Waals surface area contributed by atoms with Crippen LogP contribution in [0.4, 0.5) is 11.4 Å². The van der Waals surface area contributed by atoms with Gasteiger partial charge in [-0.25, -0.2) is 4.79 Å². The van der Waals surface area contributed by atoms with Crippen LogP contribution in [-0.2, 0) is 0 Å². The van der Waals surface area contributed by atoms with Gasteiger partial charge in [-0.1, -0.05) is 0 Å². The number of anilines is 2. The molecule has 0 unspecified atom stereocenters. The van der Waals surface area contributed by atoms with Gasteiger partial charge < -0.3 is 10.4 Å².